The highest BCUT2D eigenvalue weighted by molar-refractivity contribution is 5.75. The topological polar surface area (TPSA) is 82.3 Å². The van der Waals surface area contributed by atoms with Gasteiger partial charge in [0.15, 0.2) is 11.2 Å². The van der Waals surface area contributed by atoms with E-state index in [-0.39, 0.29) is 18.9 Å². The van der Waals surface area contributed by atoms with Crippen LogP contribution in [0.25, 0.3) is 11.2 Å². The molecule has 0 amide bonds. The zero-order valence-electron chi connectivity index (χ0n) is 15.6. The predicted octanol–water partition coefficient (Wildman–Crippen LogP) is 3.63. The molecule has 0 saturated carbocycles. The summed E-state index contributed by atoms with van der Waals surface area (Å²) in [6.07, 6.45) is 13.4. The monoisotopic (exact) mass is 362 g/mol. The maximum Gasteiger partial charge on any atom is 0.245 e. The smallest absolute Gasteiger partial charge is 0.245 e. The molecule has 7 heteroatoms. The number of aliphatic hydroxyl groups excluding tert-OH is 1. The van der Waals surface area contributed by atoms with Gasteiger partial charge in [-0.2, -0.15) is 4.98 Å². The van der Waals surface area contributed by atoms with Gasteiger partial charge in [0, 0.05) is 0 Å². The van der Waals surface area contributed by atoms with Gasteiger partial charge in [0.2, 0.25) is 5.88 Å². The summed E-state index contributed by atoms with van der Waals surface area (Å²) in [5.41, 5.74) is 1.39. The normalized spacial score (nSPS) is 20.1. The zero-order chi connectivity index (χ0) is 18.2. The summed E-state index contributed by atoms with van der Waals surface area (Å²) in [4.78, 5) is 13.0. The minimum absolute atomic E-state index is 0.0465. The Bertz CT molecular complexity index is 676. The van der Waals surface area contributed by atoms with Crippen molar-refractivity contribution in [2.24, 2.45) is 0 Å². The van der Waals surface area contributed by atoms with Crippen LogP contribution in [0.3, 0.4) is 0 Å². The number of hydrogen-bond donors (Lipinski definition) is 1. The molecule has 1 fully saturated rings. The van der Waals surface area contributed by atoms with E-state index in [0.29, 0.717) is 18.0 Å². The highest BCUT2D eigenvalue weighted by Crippen LogP contribution is 2.31. The third-order valence-electron chi connectivity index (χ3n) is 4.91. The molecule has 2 aromatic heterocycles. The summed E-state index contributed by atoms with van der Waals surface area (Å²) < 4.78 is 13.6. The summed E-state index contributed by atoms with van der Waals surface area (Å²) >= 11 is 0. The second kappa shape index (κ2) is 9.83. The van der Waals surface area contributed by atoms with Crippen LogP contribution in [0, 0.1) is 0 Å². The lowest BCUT2D eigenvalue weighted by Gasteiger charge is -2.13. The SMILES string of the molecule is CCCCCCCCCOc1ncnc2c1ncn2[C@H]1CC[C@@H](CO)O1. The lowest BCUT2D eigenvalue weighted by Crippen LogP contribution is -2.14. The molecule has 1 saturated heterocycles. The van der Waals surface area contributed by atoms with Gasteiger partial charge in [-0.25, -0.2) is 9.97 Å². The first-order valence-electron chi connectivity index (χ1n) is 9.90. The van der Waals surface area contributed by atoms with Gasteiger partial charge >= 0.3 is 0 Å². The molecule has 0 spiro atoms. The van der Waals surface area contributed by atoms with Crippen LogP contribution in [0.1, 0.15) is 70.9 Å². The molecular formula is C19H30N4O3. The van der Waals surface area contributed by atoms with Crippen LogP contribution < -0.4 is 4.74 Å². The zero-order valence-corrected chi connectivity index (χ0v) is 15.6. The number of aromatic nitrogens is 4. The Hall–Kier alpha value is -1.73. The fourth-order valence-electron chi connectivity index (χ4n) is 3.40. The maximum absolute atomic E-state index is 9.24. The molecule has 144 valence electrons. The summed E-state index contributed by atoms with van der Waals surface area (Å²) in [7, 11) is 0. The first-order chi connectivity index (χ1) is 12.8. The van der Waals surface area contributed by atoms with Crippen LogP contribution in [-0.2, 0) is 4.74 Å². The van der Waals surface area contributed by atoms with Crippen LogP contribution in [0.4, 0.5) is 0 Å². The Morgan fingerprint density at radius 2 is 1.92 bits per heavy atom. The Morgan fingerprint density at radius 1 is 1.12 bits per heavy atom. The lowest BCUT2D eigenvalue weighted by molar-refractivity contribution is -0.0207. The molecule has 1 aliphatic heterocycles. The number of fused-ring (bicyclic) bond motifs is 1. The van der Waals surface area contributed by atoms with Gasteiger partial charge < -0.3 is 14.6 Å². The largest absolute Gasteiger partial charge is 0.476 e. The van der Waals surface area contributed by atoms with E-state index in [0.717, 1.165) is 24.9 Å². The molecule has 0 radical (unpaired) electrons. The second-order valence-electron chi connectivity index (χ2n) is 6.95. The van der Waals surface area contributed by atoms with Crippen molar-refractivity contribution in [2.45, 2.75) is 77.0 Å². The number of hydrogen-bond acceptors (Lipinski definition) is 6. The van der Waals surface area contributed by atoms with Crippen molar-refractivity contribution in [1.82, 2.24) is 19.5 Å². The van der Waals surface area contributed by atoms with Crippen molar-refractivity contribution in [3.05, 3.63) is 12.7 Å². The third-order valence-corrected chi connectivity index (χ3v) is 4.91. The molecule has 2 atom stereocenters. The number of imidazole rings is 1. The highest BCUT2D eigenvalue weighted by atomic mass is 16.5. The van der Waals surface area contributed by atoms with Crippen LogP contribution in [0.5, 0.6) is 5.88 Å². The van der Waals surface area contributed by atoms with Crippen molar-refractivity contribution in [1.29, 1.82) is 0 Å². The quantitative estimate of drug-likeness (QED) is 0.615. The Kier molecular flexibility index (Phi) is 7.20. The van der Waals surface area contributed by atoms with Crippen molar-refractivity contribution in [2.75, 3.05) is 13.2 Å². The molecule has 2 aromatic rings. The lowest BCUT2D eigenvalue weighted by atomic mass is 10.1. The standard InChI is InChI=1S/C19H30N4O3/c1-2-3-4-5-6-7-8-11-25-19-17-18(20-13-21-19)23(14-22-17)16-10-9-15(12-24)26-16/h13-16,24H,2-12H2,1H3/t15-,16+/m0/s1. The summed E-state index contributed by atoms with van der Waals surface area (Å²) in [5.74, 6) is 0.538. The second-order valence-corrected chi connectivity index (χ2v) is 6.95. The van der Waals surface area contributed by atoms with Gasteiger partial charge in [-0.1, -0.05) is 45.4 Å². The van der Waals surface area contributed by atoms with Gasteiger partial charge in [0.05, 0.1) is 25.6 Å². The number of unbranched alkanes of at least 4 members (excludes halogenated alkanes) is 6. The number of nitrogens with zero attached hydrogens (tertiary/aromatic N) is 4. The maximum atomic E-state index is 9.24. The minimum atomic E-state index is -0.136. The van der Waals surface area contributed by atoms with Gasteiger partial charge in [-0.3, -0.25) is 4.57 Å². The summed E-state index contributed by atoms with van der Waals surface area (Å²) in [6.45, 7) is 2.94. The van der Waals surface area contributed by atoms with Crippen LogP contribution >= 0.6 is 0 Å². The fourth-order valence-corrected chi connectivity index (χ4v) is 3.40. The average molecular weight is 362 g/mol. The molecule has 0 aliphatic carbocycles. The molecule has 0 unspecified atom stereocenters. The van der Waals surface area contributed by atoms with E-state index in [1.165, 1.54) is 44.9 Å². The van der Waals surface area contributed by atoms with Crippen molar-refractivity contribution < 1.29 is 14.6 Å². The number of rotatable bonds is 11. The molecule has 26 heavy (non-hydrogen) atoms. The van der Waals surface area contributed by atoms with Gasteiger partial charge in [0.1, 0.15) is 12.6 Å². The van der Waals surface area contributed by atoms with E-state index in [1.807, 2.05) is 4.57 Å². The van der Waals surface area contributed by atoms with E-state index in [1.54, 1.807) is 6.33 Å². The molecular weight excluding hydrogens is 332 g/mol. The fraction of sp³-hybridized carbons (Fsp3) is 0.737. The predicted molar refractivity (Wildman–Crippen MR) is 99.0 cm³/mol. The van der Waals surface area contributed by atoms with Crippen LogP contribution in [0.2, 0.25) is 0 Å². The van der Waals surface area contributed by atoms with E-state index in [9.17, 15) is 5.11 Å². The highest BCUT2D eigenvalue weighted by Gasteiger charge is 2.27. The van der Waals surface area contributed by atoms with Gasteiger partial charge in [-0.05, 0) is 19.3 Å². The van der Waals surface area contributed by atoms with E-state index in [4.69, 9.17) is 9.47 Å². The average Bonchev–Trinajstić information content (AvgIpc) is 3.30. The molecule has 0 bridgehead atoms. The number of aliphatic hydroxyl groups is 1. The number of ether oxygens (including phenoxy) is 2. The van der Waals surface area contributed by atoms with Gasteiger partial charge in [0.25, 0.3) is 0 Å². The third kappa shape index (κ3) is 4.71. The van der Waals surface area contributed by atoms with E-state index in [2.05, 4.69) is 21.9 Å². The Balaban J connectivity index is 1.52. The molecule has 3 heterocycles. The van der Waals surface area contributed by atoms with Crippen molar-refractivity contribution in [3.8, 4) is 5.88 Å². The van der Waals surface area contributed by atoms with Crippen molar-refractivity contribution in [3.63, 3.8) is 0 Å². The minimum Gasteiger partial charge on any atom is -0.476 e. The summed E-state index contributed by atoms with van der Waals surface area (Å²) in [6, 6.07) is 0. The van der Waals surface area contributed by atoms with Crippen molar-refractivity contribution >= 4 is 11.2 Å². The first kappa shape index (κ1) is 19.0. The molecule has 7 nitrogen and oxygen atoms in total. The molecule has 1 aliphatic rings. The molecule has 1 N–H and O–H groups in total. The van der Waals surface area contributed by atoms with Crippen LogP contribution in [0.15, 0.2) is 12.7 Å². The van der Waals surface area contributed by atoms with E-state index < -0.39 is 0 Å². The van der Waals surface area contributed by atoms with Gasteiger partial charge in [-0.15, -0.1) is 0 Å². The molecule has 0 aromatic carbocycles. The van der Waals surface area contributed by atoms with E-state index >= 15 is 0 Å². The summed E-state index contributed by atoms with van der Waals surface area (Å²) in [5, 5.41) is 9.24. The first-order valence-corrected chi connectivity index (χ1v) is 9.90. The molecule has 3 rings (SSSR count). The Morgan fingerprint density at radius 3 is 2.69 bits per heavy atom. The Labute approximate surface area is 154 Å². The van der Waals surface area contributed by atoms with Crippen LogP contribution in [-0.4, -0.2) is 43.9 Å².